The van der Waals surface area contributed by atoms with Crippen LogP contribution >= 0.6 is 0 Å². The Hall–Kier alpha value is -4.00. The molecule has 0 unspecified atom stereocenters. The van der Waals surface area contributed by atoms with Gasteiger partial charge in [0.2, 0.25) is 11.8 Å². The molecule has 0 spiro atoms. The number of carbonyl (C=O) groups excluding carboxylic acids is 3. The number of hydrogen-bond donors (Lipinski definition) is 1. The number of amides is 3. The van der Waals surface area contributed by atoms with Crippen LogP contribution in [0.3, 0.4) is 0 Å². The first-order valence-electron chi connectivity index (χ1n) is 12.2. The summed E-state index contributed by atoms with van der Waals surface area (Å²) in [6, 6.07) is 13.1. The number of likely N-dealkylation sites (tertiary alicyclic amines) is 2. The van der Waals surface area contributed by atoms with E-state index in [2.05, 4.69) is 5.32 Å². The molecule has 2 fully saturated rings. The summed E-state index contributed by atoms with van der Waals surface area (Å²) < 4.78 is 31.8. The topological polar surface area (TPSA) is 103 Å². The molecule has 1 N–H and O–H groups in total. The molecule has 8 nitrogen and oxygen atoms in total. The molecule has 0 aliphatic carbocycles. The Morgan fingerprint density at radius 2 is 1.57 bits per heavy atom. The van der Waals surface area contributed by atoms with E-state index in [0.29, 0.717) is 39.0 Å². The van der Waals surface area contributed by atoms with Crippen molar-refractivity contribution in [3.8, 4) is 11.8 Å². The molecule has 2 heterocycles. The summed E-state index contributed by atoms with van der Waals surface area (Å²) in [5.41, 5.74) is 0.868. The van der Waals surface area contributed by atoms with Crippen LogP contribution in [0.5, 0.6) is 5.75 Å². The Kier molecular flexibility index (Phi) is 8.33. The summed E-state index contributed by atoms with van der Waals surface area (Å²) in [6.45, 7) is 1.94. The summed E-state index contributed by atoms with van der Waals surface area (Å²) in [5.74, 6) is -1.29. The van der Waals surface area contributed by atoms with Crippen molar-refractivity contribution < 1.29 is 27.9 Å². The van der Waals surface area contributed by atoms with Gasteiger partial charge in [-0.25, -0.2) is 13.6 Å². The molecule has 37 heavy (non-hydrogen) atoms. The van der Waals surface area contributed by atoms with Crippen LogP contribution in [0.15, 0.2) is 48.5 Å². The minimum absolute atomic E-state index is 0.00381. The number of nitrogens with zero attached hydrogens (tertiary/aromatic N) is 3. The molecule has 0 aromatic heterocycles. The second-order valence-electron chi connectivity index (χ2n) is 9.38. The van der Waals surface area contributed by atoms with Crippen LogP contribution in [-0.2, 0) is 9.59 Å². The van der Waals surface area contributed by atoms with E-state index in [-0.39, 0.29) is 54.1 Å². The Morgan fingerprint density at radius 1 is 0.946 bits per heavy atom. The Bertz CT molecular complexity index is 1160. The van der Waals surface area contributed by atoms with Crippen molar-refractivity contribution in [2.45, 2.75) is 25.2 Å². The average molecular weight is 511 g/mol. The molecule has 10 heteroatoms. The quantitative estimate of drug-likeness (QED) is 0.641. The van der Waals surface area contributed by atoms with Crippen LogP contribution in [-0.4, -0.2) is 60.4 Å². The van der Waals surface area contributed by atoms with Crippen LogP contribution in [0.2, 0.25) is 0 Å². The first kappa shape index (κ1) is 26.1. The van der Waals surface area contributed by atoms with Crippen LogP contribution in [0.25, 0.3) is 0 Å². The summed E-state index contributed by atoms with van der Waals surface area (Å²) in [5, 5.41) is 11.5. The third-order valence-electron chi connectivity index (χ3n) is 7.01. The highest BCUT2D eigenvalue weighted by Crippen LogP contribution is 2.34. The molecular formula is C27H28F2N4O4. The predicted octanol–water partition coefficient (Wildman–Crippen LogP) is 3.45. The van der Waals surface area contributed by atoms with Crippen molar-refractivity contribution in [1.29, 1.82) is 5.26 Å². The van der Waals surface area contributed by atoms with Gasteiger partial charge in [-0.05, 0) is 54.8 Å². The highest BCUT2D eigenvalue weighted by molar-refractivity contribution is 5.81. The average Bonchev–Trinajstić information content (AvgIpc) is 3.33. The molecule has 0 radical (unpaired) electrons. The monoisotopic (exact) mass is 510 g/mol. The molecule has 2 atom stereocenters. The number of ether oxygens (including phenoxy) is 1. The van der Waals surface area contributed by atoms with Gasteiger partial charge in [0.1, 0.15) is 23.8 Å². The lowest BCUT2D eigenvalue weighted by molar-refractivity contribution is -0.139. The maximum absolute atomic E-state index is 13.5. The van der Waals surface area contributed by atoms with Gasteiger partial charge in [-0.1, -0.05) is 12.1 Å². The molecule has 2 aliphatic rings. The molecule has 2 aliphatic heterocycles. The summed E-state index contributed by atoms with van der Waals surface area (Å²) >= 11 is 0. The lowest BCUT2D eigenvalue weighted by atomic mass is 9.89. The largest absolute Gasteiger partial charge is 0.412 e. The highest BCUT2D eigenvalue weighted by atomic mass is 19.1. The maximum atomic E-state index is 13.5. The number of carbonyl (C=O) groups is 3. The fourth-order valence-electron chi connectivity index (χ4n) is 5.02. The SMILES string of the molecule is N#CCC(=O)N1CCC(C(=O)N2C[C@H](CNC(=O)Oc3ccc(F)cc3)[C@H](c3ccc(F)cc3)C2)CC1. The number of benzene rings is 2. The zero-order valence-electron chi connectivity index (χ0n) is 20.2. The second-order valence-corrected chi connectivity index (χ2v) is 9.38. The first-order chi connectivity index (χ1) is 17.8. The molecule has 194 valence electrons. The number of rotatable bonds is 6. The standard InChI is InChI=1S/C27H28F2N4O4/c28-21-3-1-18(2-4-21)24-17-33(26(35)19-10-13-32(14-11-19)25(34)9-12-30)16-20(24)15-31-27(36)37-23-7-5-22(29)6-8-23/h1-8,19-20,24H,9-11,13-17H2,(H,31,36)/t20-,24-/m0/s1. The molecule has 3 amide bonds. The number of piperidine rings is 1. The Morgan fingerprint density at radius 3 is 2.19 bits per heavy atom. The normalized spacial score (nSPS) is 19.8. The van der Waals surface area contributed by atoms with Crippen LogP contribution in [0.1, 0.15) is 30.7 Å². The van der Waals surface area contributed by atoms with Crippen molar-refractivity contribution in [3.05, 3.63) is 65.7 Å². The van der Waals surface area contributed by atoms with Gasteiger partial charge in [0.25, 0.3) is 0 Å². The van der Waals surface area contributed by atoms with Gasteiger partial charge in [-0.15, -0.1) is 0 Å². The number of hydrogen-bond acceptors (Lipinski definition) is 5. The van der Waals surface area contributed by atoms with E-state index in [9.17, 15) is 23.2 Å². The molecular weight excluding hydrogens is 482 g/mol. The predicted molar refractivity (Wildman–Crippen MR) is 129 cm³/mol. The lowest BCUT2D eigenvalue weighted by Crippen LogP contribution is -2.44. The molecule has 0 saturated carbocycles. The van der Waals surface area contributed by atoms with Crippen molar-refractivity contribution in [3.63, 3.8) is 0 Å². The van der Waals surface area contributed by atoms with E-state index < -0.39 is 11.9 Å². The fourth-order valence-corrected chi connectivity index (χ4v) is 5.02. The van der Waals surface area contributed by atoms with Crippen LogP contribution in [0, 0.1) is 34.8 Å². The smallest absolute Gasteiger partial charge is 0.410 e. The third-order valence-corrected chi connectivity index (χ3v) is 7.01. The minimum atomic E-state index is -0.691. The molecule has 4 rings (SSSR count). The summed E-state index contributed by atoms with van der Waals surface area (Å²) in [6.07, 6.45) is 0.201. The van der Waals surface area contributed by atoms with E-state index in [0.717, 1.165) is 5.56 Å². The lowest BCUT2D eigenvalue weighted by Gasteiger charge is -2.33. The van der Waals surface area contributed by atoms with E-state index in [1.807, 2.05) is 6.07 Å². The van der Waals surface area contributed by atoms with Crippen LogP contribution < -0.4 is 10.1 Å². The van der Waals surface area contributed by atoms with Crippen molar-refractivity contribution in [2.75, 3.05) is 32.7 Å². The fraction of sp³-hybridized carbons (Fsp3) is 0.407. The molecule has 2 aromatic carbocycles. The zero-order chi connectivity index (χ0) is 26.4. The van der Waals surface area contributed by atoms with E-state index in [4.69, 9.17) is 10.00 Å². The molecule has 0 bridgehead atoms. The van der Waals surface area contributed by atoms with Gasteiger partial charge < -0.3 is 19.9 Å². The molecule has 2 saturated heterocycles. The van der Waals surface area contributed by atoms with Crippen molar-refractivity contribution in [2.24, 2.45) is 11.8 Å². The van der Waals surface area contributed by atoms with Gasteiger partial charge in [0.05, 0.1) is 6.07 Å². The number of nitrogens with one attached hydrogen (secondary N) is 1. The summed E-state index contributed by atoms with van der Waals surface area (Å²) in [7, 11) is 0. The molecule has 2 aromatic rings. The van der Waals surface area contributed by atoms with Gasteiger partial charge in [0, 0.05) is 50.5 Å². The van der Waals surface area contributed by atoms with Crippen molar-refractivity contribution in [1.82, 2.24) is 15.1 Å². The van der Waals surface area contributed by atoms with Gasteiger partial charge in [-0.2, -0.15) is 5.26 Å². The third kappa shape index (κ3) is 6.61. The van der Waals surface area contributed by atoms with Gasteiger partial charge in [0.15, 0.2) is 0 Å². The van der Waals surface area contributed by atoms with E-state index in [1.54, 1.807) is 21.9 Å². The highest BCUT2D eigenvalue weighted by Gasteiger charge is 2.39. The zero-order valence-corrected chi connectivity index (χ0v) is 20.2. The van der Waals surface area contributed by atoms with Crippen molar-refractivity contribution >= 4 is 17.9 Å². The maximum Gasteiger partial charge on any atom is 0.412 e. The van der Waals surface area contributed by atoms with E-state index in [1.165, 1.54) is 36.4 Å². The Balaban J connectivity index is 1.38. The van der Waals surface area contributed by atoms with Crippen LogP contribution in [0.4, 0.5) is 13.6 Å². The number of halogens is 2. The van der Waals surface area contributed by atoms with Gasteiger partial charge >= 0.3 is 6.09 Å². The summed E-state index contributed by atoms with van der Waals surface area (Å²) in [4.78, 5) is 41.1. The van der Waals surface area contributed by atoms with E-state index >= 15 is 0 Å². The van der Waals surface area contributed by atoms with Gasteiger partial charge in [-0.3, -0.25) is 9.59 Å². The second kappa shape index (κ2) is 11.8. The minimum Gasteiger partial charge on any atom is -0.410 e. The Labute approximate surface area is 213 Å². The first-order valence-corrected chi connectivity index (χ1v) is 12.2. The number of nitriles is 1.